The summed E-state index contributed by atoms with van der Waals surface area (Å²) >= 11 is 0. The number of allylic oxidation sites excluding steroid dienone is 2. The molecule has 1 N–H and O–H groups in total. The number of nitrogens with one attached hydrogen (secondary N) is 1. The molecule has 0 spiro atoms. The molecule has 0 amide bonds. The van der Waals surface area contributed by atoms with Crippen LogP contribution in [0.5, 0.6) is 0 Å². The Morgan fingerprint density at radius 1 is 1.15 bits per heavy atom. The van der Waals surface area contributed by atoms with E-state index in [1.54, 1.807) is 0 Å². The summed E-state index contributed by atoms with van der Waals surface area (Å²) in [6.45, 7) is 4.12. The molecule has 0 aliphatic heterocycles. The van der Waals surface area contributed by atoms with Gasteiger partial charge < -0.3 is 5.32 Å². The highest BCUT2D eigenvalue weighted by Crippen LogP contribution is 2.45. The van der Waals surface area contributed by atoms with Crippen LogP contribution >= 0.6 is 0 Å². The predicted octanol–water partition coefficient (Wildman–Crippen LogP) is 4.22. The molecule has 1 aromatic rings. The maximum atomic E-state index is 13.8. The largest absolute Gasteiger partial charge is 0.307 e. The normalized spacial score (nSPS) is 30.7. The van der Waals surface area contributed by atoms with Crippen molar-refractivity contribution in [1.82, 2.24) is 5.32 Å². The van der Waals surface area contributed by atoms with Crippen LogP contribution in [0.3, 0.4) is 0 Å². The van der Waals surface area contributed by atoms with Gasteiger partial charge in [0, 0.05) is 23.7 Å². The minimum atomic E-state index is -0.523. The molecule has 0 heterocycles. The van der Waals surface area contributed by atoms with Crippen LogP contribution in [0.15, 0.2) is 30.4 Å². The van der Waals surface area contributed by atoms with Gasteiger partial charge >= 0.3 is 0 Å². The quantitative estimate of drug-likeness (QED) is 0.813. The van der Waals surface area contributed by atoms with Gasteiger partial charge in [-0.05, 0) is 50.5 Å². The monoisotopic (exact) mass is 277 g/mol. The number of hydrogen-bond donors (Lipinski definition) is 1. The minimum absolute atomic E-state index is 0.103. The molecule has 108 valence electrons. The minimum Gasteiger partial charge on any atom is -0.307 e. The molecule has 0 saturated heterocycles. The summed E-state index contributed by atoms with van der Waals surface area (Å²) in [4.78, 5) is 0. The summed E-state index contributed by atoms with van der Waals surface area (Å²) in [6.07, 6.45) is 7.17. The second-order valence-electron chi connectivity index (χ2n) is 6.29. The van der Waals surface area contributed by atoms with Crippen molar-refractivity contribution in [3.8, 4) is 0 Å². The molecule has 5 atom stereocenters. The number of benzene rings is 1. The van der Waals surface area contributed by atoms with Gasteiger partial charge in [-0.3, -0.25) is 0 Å². The first-order chi connectivity index (χ1) is 9.54. The van der Waals surface area contributed by atoms with Crippen molar-refractivity contribution in [2.24, 2.45) is 17.8 Å². The fourth-order valence-corrected chi connectivity index (χ4v) is 3.86. The Morgan fingerprint density at radius 3 is 2.55 bits per heavy atom. The van der Waals surface area contributed by atoms with Crippen LogP contribution in [0, 0.1) is 29.4 Å². The van der Waals surface area contributed by atoms with Gasteiger partial charge in [-0.1, -0.05) is 18.2 Å². The Kier molecular flexibility index (Phi) is 3.63. The first kappa shape index (κ1) is 13.7. The molecule has 1 nitrogen and oxygen atoms in total. The number of rotatable bonds is 4. The van der Waals surface area contributed by atoms with E-state index in [0.29, 0.717) is 23.4 Å². The molecular weight excluding hydrogens is 256 g/mol. The molecule has 2 aliphatic carbocycles. The zero-order valence-electron chi connectivity index (χ0n) is 11.9. The fraction of sp³-hybridized carbons (Fsp3) is 0.529. The topological polar surface area (TPSA) is 12.0 Å². The maximum absolute atomic E-state index is 13.8. The number of halogens is 2. The Bertz CT molecular complexity index is 526. The van der Waals surface area contributed by atoms with Crippen LogP contribution in [0.2, 0.25) is 0 Å². The predicted molar refractivity (Wildman–Crippen MR) is 76.2 cm³/mol. The molecular formula is C17H21F2N. The van der Waals surface area contributed by atoms with Gasteiger partial charge in [-0.2, -0.15) is 0 Å². The summed E-state index contributed by atoms with van der Waals surface area (Å²) in [5.74, 6) is 1.06. The second-order valence-corrected chi connectivity index (χ2v) is 6.29. The summed E-state index contributed by atoms with van der Waals surface area (Å²) in [7, 11) is 0. The Morgan fingerprint density at radius 2 is 1.95 bits per heavy atom. The van der Waals surface area contributed by atoms with Crippen molar-refractivity contribution in [3.05, 3.63) is 47.5 Å². The SMILES string of the molecule is CC(NC(C)C1CC2C=CC1C2)c1ccc(F)cc1F. The van der Waals surface area contributed by atoms with Crippen molar-refractivity contribution >= 4 is 0 Å². The van der Waals surface area contributed by atoms with E-state index >= 15 is 0 Å². The van der Waals surface area contributed by atoms with Gasteiger partial charge in [0.15, 0.2) is 0 Å². The van der Waals surface area contributed by atoms with Crippen LogP contribution in [0.1, 0.15) is 38.3 Å². The van der Waals surface area contributed by atoms with Gasteiger partial charge in [0.25, 0.3) is 0 Å². The third-order valence-corrected chi connectivity index (χ3v) is 4.91. The fourth-order valence-electron chi connectivity index (χ4n) is 3.86. The van der Waals surface area contributed by atoms with Crippen LogP contribution in [0.25, 0.3) is 0 Å². The van der Waals surface area contributed by atoms with Crippen molar-refractivity contribution in [2.45, 2.75) is 38.8 Å². The molecule has 1 fully saturated rings. The summed E-state index contributed by atoms with van der Waals surface area (Å²) < 4.78 is 26.7. The molecule has 0 radical (unpaired) electrons. The van der Waals surface area contributed by atoms with E-state index in [-0.39, 0.29) is 6.04 Å². The van der Waals surface area contributed by atoms with Gasteiger partial charge in [0.2, 0.25) is 0 Å². The molecule has 2 bridgehead atoms. The van der Waals surface area contributed by atoms with Gasteiger partial charge in [-0.25, -0.2) is 8.78 Å². The molecule has 3 rings (SSSR count). The number of fused-ring (bicyclic) bond motifs is 2. The van der Waals surface area contributed by atoms with Crippen molar-refractivity contribution < 1.29 is 8.78 Å². The Hall–Kier alpha value is -1.22. The lowest BCUT2D eigenvalue weighted by Crippen LogP contribution is -2.37. The van der Waals surface area contributed by atoms with E-state index in [4.69, 9.17) is 0 Å². The van der Waals surface area contributed by atoms with Gasteiger partial charge in [0.1, 0.15) is 11.6 Å². The van der Waals surface area contributed by atoms with Crippen LogP contribution in [0.4, 0.5) is 8.78 Å². The summed E-state index contributed by atoms with van der Waals surface area (Å²) in [6, 6.07) is 4.05. The maximum Gasteiger partial charge on any atom is 0.130 e. The summed E-state index contributed by atoms with van der Waals surface area (Å²) in [5, 5.41) is 3.49. The molecule has 20 heavy (non-hydrogen) atoms. The van der Waals surface area contributed by atoms with Gasteiger partial charge in [0.05, 0.1) is 0 Å². The average molecular weight is 277 g/mol. The molecule has 0 aromatic heterocycles. The van der Waals surface area contributed by atoms with Crippen molar-refractivity contribution in [3.63, 3.8) is 0 Å². The first-order valence-corrected chi connectivity index (χ1v) is 7.44. The average Bonchev–Trinajstić information content (AvgIpc) is 3.00. The zero-order valence-corrected chi connectivity index (χ0v) is 11.9. The Balaban J connectivity index is 1.66. The van der Waals surface area contributed by atoms with Crippen LogP contribution in [-0.2, 0) is 0 Å². The van der Waals surface area contributed by atoms with E-state index in [9.17, 15) is 8.78 Å². The smallest absolute Gasteiger partial charge is 0.130 e. The summed E-state index contributed by atoms with van der Waals surface area (Å²) in [5.41, 5.74) is 0.539. The standard InChI is InChI=1S/C17H21F2N/c1-10(15-6-5-14(18)9-17(15)19)20-11(2)16-8-12-3-4-13(16)7-12/h3-6,9-13,16,20H,7-8H2,1-2H3. The highest BCUT2D eigenvalue weighted by Gasteiger charge is 2.38. The Labute approximate surface area is 119 Å². The third kappa shape index (κ3) is 2.51. The molecule has 2 aliphatic rings. The zero-order chi connectivity index (χ0) is 14.3. The molecule has 1 aromatic carbocycles. The van der Waals surface area contributed by atoms with E-state index in [0.717, 1.165) is 12.0 Å². The number of hydrogen-bond acceptors (Lipinski definition) is 1. The molecule has 3 heteroatoms. The highest BCUT2D eigenvalue weighted by atomic mass is 19.1. The third-order valence-electron chi connectivity index (χ3n) is 4.91. The second kappa shape index (κ2) is 5.28. The van der Waals surface area contributed by atoms with E-state index in [1.165, 1.54) is 25.0 Å². The van der Waals surface area contributed by atoms with E-state index < -0.39 is 11.6 Å². The van der Waals surface area contributed by atoms with Gasteiger partial charge in [-0.15, -0.1) is 0 Å². The molecule has 5 unspecified atom stereocenters. The van der Waals surface area contributed by atoms with E-state index in [2.05, 4.69) is 24.4 Å². The lowest BCUT2D eigenvalue weighted by atomic mass is 9.87. The van der Waals surface area contributed by atoms with Crippen LogP contribution in [-0.4, -0.2) is 6.04 Å². The van der Waals surface area contributed by atoms with Crippen LogP contribution < -0.4 is 5.32 Å². The lowest BCUT2D eigenvalue weighted by Gasteiger charge is -2.29. The first-order valence-electron chi connectivity index (χ1n) is 7.44. The highest BCUT2D eigenvalue weighted by molar-refractivity contribution is 5.22. The van der Waals surface area contributed by atoms with Crippen molar-refractivity contribution in [2.75, 3.05) is 0 Å². The molecule has 1 saturated carbocycles. The van der Waals surface area contributed by atoms with Crippen molar-refractivity contribution in [1.29, 1.82) is 0 Å². The lowest BCUT2D eigenvalue weighted by molar-refractivity contribution is 0.305. The van der Waals surface area contributed by atoms with E-state index in [1.807, 2.05) is 6.92 Å².